The molecule has 148 valence electrons. The molecule has 0 spiro atoms. The maximum atomic E-state index is 13.1. The maximum absolute atomic E-state index is 13.1. The van der Waals surface area contributed by atoms with Gasteiger partial charge in [-0.15, -0.1) is 11.8 Å². The topological polar surface area (TPSA) is 69.3 Å². The molecule has 1 unspecified atom stereocenters. The molecule has 1 aromatic heterocycles. The minimum atomic E-state index is -0.00658. The summed E-state index contributed by atoms with van der Waals surface area (Å²) < 4.78 is 0. The van der Waals surface area contributed by atoms with Gasteiger partial charge in [0.2, 0.25) is 11.8 Å². The predicted octanol–water partition coefficient (Wildman–Crippen LogP) is 3.41. The van der Waals surface area contributed by atoms with Gasteiger partial charge in [-0.2, -0.15) is 0 Å². The Morgan fingerprint density at radius 1 is 1.17 bits per heavy atom. The van der Waals surface area contributed by atoms with Crippen LogP contribution in [0.2, 0.25) is 0 Å². The number of carbonyl (C=O) groups is 2. The molecule has 5 rings (SSSR count). The van der Waals surface area contributed by atoms with Gasteiger partial charge in [0.05, 0.1) is 22.5 Å². The van der Waals surface area contributed by atoms with Crippen molar-refractivity contribution in [2.75, 3.05) is 30.3 Å². The molecule has 0 saturated carbocycles. The highest BCUT2D eigenvalue weighted by Crippen LogP contribution is 2.35. The molecule has 3 aromatic rings. The number of H-pyrrole nitrogens is 1. The summed E-state index contributed by atoms with van der Waals surface area (Å²) >= 11 is 1.53. The molecule has 0 aliphatic carbocycles. The number of carbonyl (C=O) groups excluding carboxylic acids is 2. The first-order valence-electron chi connectivity index (χ1n) is 9.93. The lowest BCUT2D eigenvalue weighted by atomic mass is 9.97. The van der Waals surface area contributed by atoms with Crippen LogP contribution in [0.25, 0.3) is 11.0 Å². The molecule has 7 heteroatoms. The number of piperidine rings is 1. The molecule has 1 N–H and O–H groups in total. The first-order valence-corrected chi connectivity index (χ1v) is 10.9. The third-order valence-corrected chi connectivity index (χ3v) is 6.72. The van der Waals surface area contributed by atoms with E-state index in [1.54, 1.807) is 4.90 Å². The Bertz CT molecular complexity index is 1050. The number of nitrogens with zero attached hydrogens (tertiary/aromatic N) is 3. The van der Waals surface area contributed by atoms with Gasteiger partial charge >= 0.3 is 0 Å². The molecule has 2 aliphatic heterocycles. The van der Waals surface area contributed by atoms with Gasteiger partial charge < -0.3 is 14.8 Å². The number of aromatic nitrogens is 2. The number of imidazole rings is 1. The van der Waals surface area contributed by atoms with E-state index in [2.05, 4.69) is 4.98 Å². The number of para-hydroxylation sites is 3. The van der Waals surface area contributed by atoms with E-state index in [0.29, 0.717) is 12.3 Å². The highest BCUT2D eigenvalue weighted by atomic mass is 32.2. The van der Waals surface area contributed by atoms with Gasteiger partial charge in [0.1, 0.15) is 12.4 Å². The average molecular weight is 407 g/mol. The zero-order valence-electron chi connectivity index (χ0n) is 16.0. The van der Waals surface area contributed by atoms with Crippen LogP contribution in [0, 0.1) is 0 Å². The van der Waals surface area contributed by atoms with Crippen molar-refractivity contribution in [2.24, 2.45) is 0 Å². The van der Waals surface area contributed by atoms with Gasteiger partial charge in [0.25, 0.3) is 0 Å². The summed E-state index contributed by atoms with van der Waals surface area (Å²) in [5.74, 6) is 1.51. The molecule has 2 amide bonds. The fraction of sp³-hybridized carbons (Fsp3) is 0.318. The van der Waals surface area contributed by atoms with Gasteiger partial charge in [-0.25, -0.2) is 4.98 Å². The van der Waals surface area contributed by atoms with Crippen molar-refractivity contribution in [3.8, 4) is 0 Å². The Kier molecular flexibility index (Phi) is 4.75. The van der Waals surface area contributed by atoms with Crippen molar-refractivity contribution in [1.29, 1.82) is 0 Å². The fourth-order valence-corrected chi connectivity index (χ4v) is 5.09. The zero-order valence-corrected chi connectivity index (χ0v) is 16.8. The lowest BCUT2D eigenvalue weighted by Gasteiger charge is -2.35. The summed E-state index contributed by atoms with van der Waals surface area (Å²) in [4.78, 5) is 38.3. The Morgan fingerprint density at radius 3 is 2.90 bits per heavy atom. The zero-order chi connectivity index (χ0) is 19.8. The molecule has 1 atom stereocenters. The first kappa shape index (κ1) is 18.2. The number of anilines is 1. The number of aromatic amines is 1. The SMILES string of the molecule is O=C(CN1C(=O)CSc2ccccc21)N1CCCC(c2nc3ccccc3[nH]2)C1. The van der Waals surface area contributed by atoms with Crippen LogP contribution in [0.4, 0.5) is 5.69 Å². The molecule has 29 heavy (non-hydrogen) atoms. The Hall–Kier alpha value is -2.80. The van der Waals surface area contributed by atoms with Crippen molar-refractivity contribution >= 4 is 40.3 Å². The minimum absolute atomic E-state index is 0.000800. The van der Waals surface area contributed by atoms with E-state index in [0.717, 1.165) is 46.8 Å². The number of nitrogens with one attached hydrogen (secondary N) is 1. The molecule has 0 radical (unpaired) electrons. The standard InChI is InChI=1S/C22H22N4O2S/c27-20(13-26-18-9-3-4-10-19(18)29-14-21(26)28)25-11-5-6-15(12-25)22-23-16-7-1-2-8-17(16)24-22/h1-4,7-10,15H,5-6,11-14H2,(H,23,24). The average Bonchev–Trinajstić information content (AvgIpc) is 3.20. The van der Waals surface area contributed by atoms with Crippen LogP contribution in [0.15, 0.2) is 53.4 Å². The maximum Gasteiger partial charge on any atom is 0.242 e. The molecule has 1 saturated heterocycles. The van der Waals surface area contributed by atoms with Crippen LogP contribution in [0.5, 0.6) is 0 Å². The highest BCUT2D eigenvalue weighted by molar-refractivity contribution is 8.00. The van der Waals surface area contributed by atoms with Crippen LogP contribution in [-0.4, -0.2) is 52.1 Å². The van der Waals surface area contributed by atoms with Crippen LogP contribution < -0.4 is 4.90 Å². The quantitative estimate of drug-likeness (QED) is 0.724. The Balaban J connectivity index is 1.32. The second kappa shape index (κ2) is 7.55. The van der Waals surface area contributed by atoms with E-state index in [9.17, 15) is 9.59 Å². The number of fused-ring (bicyclic) bond motifs is 2. The third kappa shape index (κ3) is 3.51. The molecule has 3 heterocycles. The van der Waals surface area contributed by atoms with Crippen molar-refractivity contribution < 1.29 is 9.59 Å². The molecular weight excluding hydrogens is 384 g/mol. The summed E-state index contributed by atoms with van der Waals surface area (Å²) in [6.07, 6.45) is 1.94. The number of thioether (sulfide) groups is 1. The summed E-state index contributed by atoms with van der Waals surface area (Å²) in [7, 11) is 0. The van der Waals surface area contributed by atoms with Crippen molar-refractivity contribution in [3.05, 3.63) is 54.4 Å². The summed E-state index contributed by atoms with van der Waals surface area (Å²) in [6.45, 7) is 1.47. The number of hydrogen-bond donors (Lipinski definition) is 1. The van der Waals surface area contributed by atoms with Gasteiger partial charge in [0, 0.05) is 23.9 Å². The molecule has 2 aromatic carbocycles. The van der Waals surface area contributed by atoms with Crippen molar-refractivity contribution in [1.82, 2.24) is 14.9 Å². The fourth-order valence-electron chi connectivity index (χ4n) is 4.16. The lowest BCUT2D eigenvalue weighted by Crippen LogP contribution is -2.47. The number of amides is 2. The van der Waals surface area contributed by atoms with E-state index in [1.807, 2.05) is 53.4 Å². The number of likely N-dealkylation sites (tertiary alicyclic amines) is 1. The van der Waals surface area contributed by atoms with E-state index >= 15 is 0 Å². The van der Waals surface area contributed by atoms with E-state index in [1.165, 1.54) is 11.8 Å². The van der Waals surface area contributed by atoms with Crippen LogP contribution in [0.1, 0.15) is 24.6 Å². The van der Waals surface area contributed by atoms with Crippen LogP contribution in [0.3, 0.4) is 0 Å². The van der Waals surface area contributed by atoms with Crippen LogP contribution >= 0.6 is 11.8 Å². The normalized spacial score (nSPS) is 19.4. The molecule has 1 fully saturated rings. The Morgan fingerprint density at radius 2 is 2.00 bits per heavy atom. The van der Waals surface area contributed by atoms with E-state index in [4.69, 9.17) is 4.98 Å². The molecular formula is C22H22N4O2S. The van der Waals surface area contributed by atoms with Crippen molar-refractivity contribution in [3.63, 3.8) is 0 Å². The lowest BCUT2D eigenvalue weighted by molar-refractivity contribution is -0.132. The van der Waals surface area contributed by atoms with Crippen molar-refractivity contribution in [2.45, 2.75) is 23.7 Å². The van der Waals surface area contributed by atoms with Gasteiger partial charge in [-0.1, -0.05) is 24.3 Å². The van der Waals surface area contributed by atoms with E-state index in [-0.39, 0.29) is 24.3 Å². The second-order valence-corrected chi connectivity index (χ2v) is 8.57. The van der Waals surface area contributed by atoms with E-state index < -0.39 is 0 Å². The predicted molar refractivity (Wildman–Crippen MR) is 114 cm³/mol. The molecule has 0 bridgehead atoms. The molecule has 2 aliphatic rings. The number of benzene rings is 2. The number of rotatable bonds is 3. The van der Waals surface area contributed by atoms with Crippen LogP contribution in [-0.2, 0) is 9.59 Å². The van der Waals surface area contributed by atoms with Gasteiger partial charge in [-0.05, 0) is 37.1 Å². The largest absolute Gasteiger partial charge is 0.342 e. The van der Waals surface area contributed by atoms with Gasteiger partial charge in [-0.3, -0.25) is 9.59 Å². The number of hydrogen-bond acceptors (Lipinski definition) is 4. The first-order chi connectivity index (χ1) is 14.2. The summed E-state index contributed by atoms with van der Waals surface area (Å²) in [5.41, 5.74) is 2.82. The second-order valence-electron chi connectivity index (χ2n) is 7.55. The Labute approximate surface area is 173 Å². The minimum Gasteiger partial charge on any atom is -0.342 e. The molecule has 6 nitrogen and oxygen atoms in total. The third-order valence-electron chi connectivity index (χ3n) is 5.67. The van der Waals surface area contributed by atoms with Gasteiger partial charge in [0.15, 0.2) is 0 Å². The summed E-state index contributed by atoms with van der Waals surface area (Å²) in [6, 6.07) is 15.8. The summed E-state index contributed by atoms with van der Waals surface area (Å²) in [5, 5.41) is 0. The monoisotopic (exact) mass is 406 g/mol. The smallest absolute Gasteiger partial charge is 0.242 e. The highest BCUT2D eigenvalue weighted by Gasteiger charge is 2.31.